The van der Waals surface area contributed by atoms with E-state index in [0.717, 1.165) is 56.3 Å². The minimum atomic E-state index is -1.02. The van der Waals surface area contributed by atoms with E-state index in [2.05, 4.69) is 9.62 Å². The molecule has 0 unspecified atom stereocenters. The molecule has 4 nitrogen and oxygen atoms in total. The van der Waals surface area contributed by atoms with Crippen molar-refractivity contribution in [1.82, 2.24) is 9.62 Å². The van der Waals surface area contributed by atoms with Crippen molar-refractivity contribution in [2.24, 2.45) is 5.92 Å². The lowest BCUT2D eigenvalue weighted by atomic mass is 9.97. The van der Waals surface area contributed by atoms with Crippen LogP contribution in [0.25, 0.3) is 0 Å². The zero-order valence-electron chi connectivity index (χ0n) is 18.3. The van der Waals surface area contributed by atoms with Gasteiger partial charge in [0.05, 0.1) is 17.2 Å². The highest BCUT2D eigenvalue weighted by Gasteiger charge is 2.30. The monoisotopic (exact) mass is 498 g/mol. The summed E-state index contributed by atoms with van der Waals surface area (Å²) in [5.41, 5.74) is 1.59. The van der Waals surface area contributed by atoms with E-state index in [-0.39, 0.29) is 10.6 Å². The van der Waals surface area contributed by atoms with Gasteiger partial charge in [0.1, 0.15) is 11.6 Å². The van der Waals surface area contributed by atoms with Crippen LogP contribution in [0.15, 0.2) is 24.3 Å². The highest BCUT2D eigenvalue weighted by Crippen LogP contribution is 2.45. The Morgan fingerprint density at radius 1 is 1.12 bits per heavy atom. The lowest BCUT2D eigenvalue weighted by Crippen LogP contribution is -2.35. The summed E-state index contributed by atoms with van der Waals surface area (Å²) >= 11 is 6.89. The average molecular weight is 499 g/mol. The molecule has 2 aromatic carbocycles. The maximum atomic E-state index is 14.6. The van der Waals surface area contributed by atoms with Gasteiger partial charge >= 0.3 is 0 Å². The SMILES string of the molecule is CSNC(=O)c1cc(C2CC2)c(OCC2CCN(Cc3cc(F)c(F)c(Cl)c3)CC2)cc1F. The first-order valence-electron chi connectivity index (χ1n) is 11.0. The Kier molecular flexibility index (Phi) is 7.76. The molecule has 1 N–H and O–H groups in total. The predicted molar refractivity (Wildman–Crippen MR) is 124 cm³/mol. The number of ether oxygens (including phenoxy) is 1. The van der Waals surface area contributed by atoms with Crippen LogP contribution in [0.5, 0.6) is 5.75 Å². The Balaban J connectivity index is 1.33. The van der Waals surface area contributed by atoms with E-state index in [1.165, 1.54) is 18.2 Å². The molecule has 0 spiro atoms. The standard InChI is InChI=1S/C24H26ClF3N2O2S/c1-33-29-24(31)18-10-17(16-2-3-16)22(11-20(18)26)32-13-14-4-6-30(7-5-14)12-15-8-19(25)23(28)21(27)9-15/h8-11,14,16H,2-7,12-13H2,1H3,(H,29,31). The van der Waals surface area contributed by atoms with E-state index < -0.39 is 23.4 Å². The molecule has 9 heteroatoms. The van der Waals surface area contributed by atoms with Gasteiger partial charge in [-0.25, -0.2) is 13.2 Å². The second kappa shape index (κ2) is 10.6. The summed E-state index contributed by atoms with van der Waals surface area (Å²) in [6, 6.07) is 5.62. The maximum absolute atomic E-state index is 14.6. The highest BCUT2D eigenvalue weighted by atomic mass is 35.5. The number of halogens is 4. The number of hydrogen-bond acceptors (Lipinski definition) is 4. The number of piperidine rings is 1. The molecule has 4 rings (SSSR count). The van der Waals surface area contributed by atoms with Crippen molar-refractivity contribution >= 4 is 29.5 Å². The Hall–Kier alpha value is -1.90. The van der Waals surface area contributed by atoms with Gasteiger partial charge in [-0.1, -0.05) is 23.5 Å². The van der Waals surface area contributed by atoms with Crippen LogP contribution >= 0.6 is 23.5 Å². The van der Waals surface area contributed by atoms with Crippen LogP contribution < -0.4 is 9.46 Å². The van der Waals surface area contributed by atoms with E-state index in [1.807, 2.05) is 0 Å². The molecule has 1 amide bonds. The van der Waals surface area contributed by atoms with Gasteiger partial charge in [0.2, 0.25) is 0 Å². The Morgan fingerprint density at radius 3 is 2.48 bits per heavy atom. The second-order valence-corrected chi connectivity index (χ2v) is 9.70. The third-order valence-corrected chi connectivity index (χ3v) is 6.85. The summed E-state index contributed by atoms with van der Waals surface area (Å²) < 4.78 is 50.2. The number of rotatable bonds is 8. The van der Waals surface area contributed by atoms with Gasteiger partial charge in [-0.3, -0.25) is 14.4 Å². The van der Waals surface area contributed by atoms with Crippen molar-refractivity contribution in [3.63, 3.8) is 0 Å². The van der Waals surface area contributed by atoms with Gasteiger partial charge in [-0.05, 0) is 79.9 Å². The fraction of sp³-hybridized carbons (Fsp3) is 0.458. The number of nitrogens with zero attached hydrogens (tertiary/aromatic N) is 1. The van der Waals surface area contributed by atoms with Crippen molar-refractivity contribution in [1.29, 1.82) is 0 Å². The minimum Gasteiger partial charge on any atom is -0.493 e. The first-order chi connectivity index (χ1) is 15.9. The Labute approximate surface area is 200 Å². The predicted octanol–water partition coefficient (Wildman–Crippen LogP) is 5.93. The smallest absolute Gasteiger partial charge is 0.264 e. The van der Waals surface area contributed by atoms with Crippen LogP contribution in [0, 0.1) is 23.4 Å². The molecule has 2 aromatic rings. The Morgan fingerprint density at radius 2 is 1.85 bits per heavy atom. The van der Waals surface area contributed by atoms with Crippen molar-refractivity contribution in [3.8, 4) is 5.75 Å². The molecule has 33 heavy (non-hydrogen) atoms. The van der Waals surface area contributed by atoms with E-state index >= 15 is 0 Å². The molecule has 178 valence electrons. The topological polar surface area (TPSA) is 41.6 Å². The first-order valence-corrected chi connectivity index (χ1v) is 12.6. The van der Waals surface area contributed by atoms with Crippen LogP contribution in [0.4, 0.5) is 13.2 Å². The third-order valence-electron chi connectivity index (χ3n) is 6.19. The van der Waals surface area contributed by atoms with Gasteiger partial charge < -0.3 is 4.74 Å². The summed E-state index contributed by atoms with van der Waals surface area (Å²) in [7, 11) is 0. The molecule has 0 bridgehead atoms. The van der Waals surface area contributed by atoms with Crippen molar-refractivity contribution in [2.45, 2.75) is 38.1 Å². The summed E-state index contributed by atoms with van der Waals surface area (Å²) in [6.45, 7) is 2.56. The molecule has 0 atom stereocenters. The summed E-state index contributed by atoms with van der Waals surface area (Å²) in [6.07, 6.45) is 5.50. The van der Waals surface area contributed by atoms with Gasteiger partial charge in [0.15, 0.2) is 11.6 Å². The van der Waals surface area contributed by atoms with Crippen LogP contribution in [0.1, 0.15) is 53.1 Å². The normalized spacial score (nSPS) is 17.2. The maximum Gasteiger partial charge on any atom is 0.264 e. The lowest BCUT2D eigenvalue weighted by Gasteiger charge is -2.32. The molecular formula is C24H26ClF3N2O2S. The zero-order valence-corrected chi connectivity index (χ0v) is 19.9. The summed E-state index contributed by atoms with van der Waals surface area (Å²) in [5, 5.41) is -0.205. The van der Waals surface area contributed by atoms with E-state index in [1.54, 1.807) is 12.3 Å². The molecule has 2 aliphatic rings. The second-order valence-electron chi connectivity index (χ2n) is 8.68. The number of benzene rings is 2. The molecule has 0 aromatic heterocycles. The van der Waals surface area contributed by atoms with E-state index in [9.17, 15) is 18.0 Å². The molecule has 1 heterocycles. The van der Waals surface area contributed by atoms with Gasteiger partial charge in [0.25, 0.3) is 5.91 Å². The summed E-state index contributed by atoms with van der Waals surface area (Å²) in [5.74, 6) is -1.83. The lowest BCUT2D eigenvalue weighted by molar-refractivity contribution is 0.0980. The van der Waals surface area contributed by atoms with Gasteiger partial charge in [-0.2, -0.15) is 0 Å². The number of nitrogens with one attached hydrogen (secondary N) is 1. The molecule has 0 radical (unpaired) electrons. The fourth-order valence-electron chi connectivity index (χ4n) is 4.21. The first kappa shape index (κ1) is 24.2. The quantitative estimate of drug-likeness (QED) is 0.361. The van der Waals surface area contributed by atoms with Crippen LogP contribution in [-0.2, 0) is 6.54 Å². The number of likely N-dealkylation sites (tertiary alicyclic amines) is 1. The van der Waals surface area contributed by atoms with Crippen LogP contribution in [-0.4, -0.2) is 36.8 Å². The number of hydrogen-bond donors (Lipinski definition) is 1. The largest absolute Gasteiger partial charge is 0.493 e. The van der Waals surface area contributed by atoms with E-state index in [4.69, 9.17) is 16.3 Å². The van der Waals surface area contributed by atoms with Gasteiger partial charge in [-0.15, -0.1) is 0 Å². The van der Waals surface area contributed by atoms with Crippen molar-refractivity contribution in [3.05, 3.63) is 63.4 Å². The zero-order chi connectivity index (χ0) is 23.5. The van der Waals surface area contributed by atoms with Crippen LogP contribution in [0.2, 0.25) is 5.02 Å². The molecule has 1 saturated heterocycles. The molecule has 2 fully saturated rings. The highest BCUT2D eigenvalue weighted by molar-refractivity contribution is 7.97. The minimum absolute atomic E-state index is 0.0456. The fourth-order valence-corrected chi connectivity index (χ4v) is 4.73. The van der Waals surface area contributed by atoms with Crippen LogP contribution in [0.3, 0.4) is 0 Å². The number of carbonyl (C=O) groups is 1. The Bertz CT molecular complexity index is 1000. The average Bonchev–Trinajstić information content (AvgIpc) is 3.62. The molecule has 1 aliphatic heterocycles. The number of carbonyl (C=O) groups excluding carboxylic acids is 1. The van der Waals surface area contributed by atoms with Gasteiger partial charge in [0, 0.05) is 18.9 Å². The van der Waals surface area contributed by atoms with Crippen molar-refractivity contribution in [2.75, 3.05) is 26.0 Å². The molecular weight excluding hydrogens is 473 g/mol. The third kappa shape index (κ3) is 5.97. The van der Waals surface area contributed by atoms with E-state index in [0.29, 0.717) is 36.3 Å². The molecule has 1 aliphatic carbocycles. The summed E-state index contributed by atoms with van der Waals surface area (Å²) in [4.78, 5) is 14.3. The number of amides is 1. The van der Waals surface area contributed by atoms with Crippen molar-refractivity contribution < 1.29 is 22.7 Å². The molecule has 1 saturated carbocycles.